The Morgan fingerprint density at radius 1 is 0.955 bits per heavy atom. The molecule has 0 N–H and O–H groups in total. The van der Waals surface area contributed by atoms with Gasteiger partial charge in [-0.3, -0.25) is 4.79 Å². The number of fused-ring (bicyclic) bond motifs is 1. The van der Waals surface area contributed by atoms with Crippen LogP contribution in [0.3, 0.4) is 0 Å². The summed E-state index contributed by atoms with van der Waals surface area (Å²) in [5.41, 5.74) is -1.59. The van der Waals surface area contributed by atoms with Gasteiger partial charge < -0.3 is 4.42 Å². The minimum Gasteiger partial charge on any atom is -0.454 e. The van der Waals surface area contributed by atoms with Crippen LogP contribution in [0.1, 0.15) is 5.76 Å². The van der Waals surface area contributed by atoms with Crippen molar-refractivity contribution in [1.82, 2.24) is 0 Å². The smallest absolute Gasteiger partial charge is 0.454 e. The van der Waals surface area contributed by atoms with E-state index in [0.29, 0.717) is 0 Å². The van der Waals surface area contributed by atoms with Crippen LogP contribution in [-0.4, -0.2) is 12.5 Å². The molecule has 0 fully saturated rings. The van der Waals surface area contributed by atoms with E-state index in [1.54, 1.807) is 0 Å². The lowest BCUT2D eigenvalue weighted by atomic mass is 10.1. The molecule has 0 aliphatic carbocycles. The SMILES string of the molecule is O=c1cc(C(F)(F)C(F)(F)OC(F)(F)F)oc2ccccc12. The van der Waals surface area contributed by atoms with Crippen molar-refractivity contribution < 1.29 is 39.9 Å². The van der Waals surface area contributed by atoms with Gasteiger partial charge in [0.2, 0.25) is 0 Å². The average Bonchev–Trinajstić information content (AvgIpc) is 2.35. The summed E-state index contributed by atoms with van der Waals surface area (Å²) in [5, 5.41) is -0.192. The van der Waals surface area contributed by atoms with Crippen LogP contribution >= 0.6 is 0 Å². The fraction of sp³-hybridized carbons (Fsp3) is 0.250. The third kappa shape index (κ3) is 2.91. The van der Waals surface area contributed by atoms with Crippen LogP contribution in [0.25, 0.3) is 11.0 Å². The predicted octanol–water partition coefficient (Wildman–Crippen LogP) is 4.01. The first-order chi connectivity index (χ1) is 9.94. The number of hydrogen-bond donors (Lipinski definition) is 0. The van der Waals surface area contributed by atoms with Crippen molar-refractivity contribution in [3.8, 4) is 0 Å². The molecule has 0 saturated heterocycles. The van der Waals surface area contributed by atoms with E-state index < -0.39 is 35.2 Å². The highest BCUT2D eigenvalue weighted by Gasteiger charge is 2.65. The normalized spacial score (nSPS) is 13.6. The van der Waals surface area contributed by atoms with E-state index in [0.717, 1.165) is 6.07 Å². The van der Waals surface area contributed by atoms with Gasteiger partial charge in [-0.25, -0.2) is 4.74 Å². The Morgan fingerprint density at radius 3 is 2.14 bits per heavy atom. The van der Waals surface area contributed by atoms with Crippen molar-refractivity contribution in [1.29, 1.82) is 0 Å². The zero-order chi connectivity index (χ0) is 16.8. The van der Waals surface area contributed by atoms with Gasteiger partial charge in [0.05, 0.1) is 5.39 Å². The van der Waals surface area contributed by atoms with Crippen LogP contribution < -0.4 is 5.43 Å². The number of benzene rings is 1. The number of alkyl halides is 7. The highest BCUT2D eigenvalue weighted by atomic mass is 19.4. The third-order valence-corrected chi connectivity index (χ3v) is 2.55. The molecule has 22 heavy (non-hydrogen) atoms. The fourth-order valence-corrected chi connectivity index (χ4v) is 1.61. The van der Waals surface area contributed by atoms with Gasteiger partial charge in [-0.2, -0.15) is 17.6 Å². The molecule has 0 bridgehead atoms. The molecule has 0 saturated carbocycles. The van der Waals surface area contributed by atoms with Crippen LogP contribution in [0.2, 0.25) is 0 Å². The van der Waals surface area contributed by atoms with Crippen molar-refractivity contribution in [3.63, 3.8) is 0 Å². The molecule has 1 aromatic carbocycles. The minimum absolute atomic E-state index is 0.00399. The first-order valence-electron chi connectivity index (χ1n) is 5.50. The summed E-state index contributed by atoms with van der Waals surface area (Å²) in [6, 6.07) is 4.82. The summed E-state index contributed by atoms with van der Waals surface area (Å²) < 4.78 is 95.2. The van der Waals surface area contributed by atoms with Gasteiger partial charge in [0.15, 0.2) is 11.2 Å². The van der Waals surface area contributed by atoms with Crippen LogP contribution in [0.5, 0.6) is 0 Å². The number of halogens is 7. The van der Waals surface area contributed by atoms with Gasteiger partial charge in [-0.1, -0.05) is 12.1 Å². The Balaban J connectivity index is 2.56. The summed E-state index contributed by atoms with van der Waals surface area (Å²) in [5.74, 6) is -7.45. The van der Waals surface area contributed by atoms with Crippen LogP contribution in [0, 0.1) is 0 Å². The Hall–Kier alpha value is -2.10. The molecule has 2 rings (SSSR count). The third-order valence-electron chi connectivity index (χ3n) is 2.55. The molecule has 120 valence electrons. The van der Waals surface area contributed by atoms with Crippen LogP contribution in [-0.2, 0) is 10.7 Å². The number of ether oxygens (including phenoxy) is 1. The molecule has 0 unspecified atom stereocenters. The summed E-state index contributed by atoms with van der Waals surface area (Å²) in [6.07, 6.45) is -12.0. The number of rotatable bonds is 3. The van der Waals surface area contributed by atoms with Gasteiger partial charge in [0.1, 0.15) is 5.58 Å². The number of para-hydroxylation sites is 1. The standard InChI is InChI=1S/C12H5F7O3/c13-10(14,11(15,16)22-12(17,18)19)9-5-7(20)6-3-1-2-4-8(6)21-9/h1-5H. The van der Waals surface area contributed by atoms with Gasteiger partial charge in [0, 0.05) is 6.07 Å². The lowest BCUT2D eigenvalue weighted by molar-refractivity contribution is -0.471. The highest BCUT2D eigenvalue weighted by molar-refractivity contribution is 5.76. The maximum absolute atomic E-state index is 13.6. The monoisotopic (exact) mass is 330 g/mol. The molecule has 0 aliphatic heterocycles. The molecule has 3 nitrogen and oxygen atoms in total. The molecule has 1 heterocycles. The summed E-state index contributed by atoms with van der Waals surface area (Å²) in [4.78, 5) is 11.6. The van der Waals surface area contributed by atoms with Crippen molar-refractivity contribution in [2.24, 2.45) is 0 Å². The maximum Gasteiger partial charge on any atom is 0.527 e. The zero-order valence-corrected chi connectivity index (χ0v) is 10.3. The molecule has 0 atom stereocenters. The van der Waals surface area contributed by atoms with Crippen molar-refractivity contribution >= 4 is 11.0 Å². The van der Waals surface area contributed by atoms with E-state index in [2.05, 4.69) is 9.15 Å². The van der Waals surface area contributed by atoms with Crippen LogP contribution in [0.4, 0.5) is 30.7 Å². The molecule has 0 aliphatic rings. The largest absolute Gasteiger partial charge is 0.527 e. The molecule has 0 spiro atoms. The summed E-state index contributed by atoms with van der Waals surface area (Å²) in [6.45, 7) is 0. The molecule has 1 aromatic heterocycles. The topological polar surface area (TPSA) is 39.4 Å². The quantitative estimate of drug-likeness (QED) is 0.798. The lowest BCUT2D eigenvalue weighted by Crippen LogP contribution is -2.44. The lowest BCUT2D eigenvalue weighted by Gasteiger charge is -2.25. The molecule has 0 amide bonds. The van der Waals surface area contributed by atoms with E-state index in [9.17, 15) is 35.5 Å². The Labute approximate surface area is 116 Å². The zero-order valence-electron chi connectivity index (χ0n) is 10.3. The highest BCUT2D eigenvalue weighted by Crippen LogP contribution is 2.46. The summed E-state index contributed by atoms with van der Waals surface area (Å²) in [7, 11) is 0. The van der Waals surface area contributed by atoms with Crippen molar-refractivity contribution in [2.45, 2.75) is 18.4 Å². The number of hydrogen-bond acceptors (Lipinski definition) is 3. The molecular weight excluding hydrogens is 325 g/mol. The van der Waals surface area contributed by atoms with E-state index in [1.165, 1.54) is 18.2 Å². The average molecular weight is 330 g/mol. The predicted molar refractivity (Wildman–Crippen MR) is 58.5 cm³/mol. The van der Waals surface area contributed by atoms with Crippen molar-refractivity contribution in [3.05, 3.63) is 46.3 Å². The van der Waals surface area contributed by atoms with Gasteiger partial charge in [0.25, 0.3) is 0 Å². The van der Waals surface area contributed by atoms with Gasteiger partial charge >= 0.3 is 18.4 Å². The van der Waals surface area contributed by atoms with Gasteiger partial charge in [-0.15, -0.1) is 13.2 Å². The van der Waals surface area contributed by atoms with Crippen molar-refractivity contribution in [2.75, 3.05) is 0 Å². The Bertz CT molecular complexity index is 748. The first-order valence-corrected chi connectivity index (χ1v) is 5.50. The Morgan fingerprint density at radius 2 is 1.55 bits per heavy atom. The maximum atomic E-state index is 13.6. The molecule has 10 heteroatoms. The van der Waals surface area contributed by atoms with E-state index in [1.807, 2.05) is 0 Å². The second-order valence-electron chi connectivity index (χ2n) is 4.11. The second kappa shape index (κ2) is 4.97. The van der Waals surface area contributed by atoms with Crippen LogP contribution in [0.15, 0.2) is 39.5 Å². The van der Waals surface area contributed by atoms with E-state index in [-0.39, 0.29) is 11.5 Å². The fourth-order valence-electron chi connectivity index (χ4n) is 1.61. The minimum atomic E-state index is -6.01. The first kappa shape index (κ1) is 16.3. The molecule has 2 aromatic rings. The molecule has 0 radical (unpaired) electrons. The second-order valence-corrected chi connectivity index (χ2v) is 4.11. The summed E-state index contributed by atoms with van der Waals surface area (Å²) >= 11 is 0. The van der Waals surface area contributed by atoms with Gasteiger partial charge in [-0.05, 0) is 12.1 Å². The molecular formula is C12H5F7O3. The van der Waals surface area contributed by atoms with E-state index >= 15 is 0 Å². The van der Waals surface area contributed by atoms with E-state index in [4.69, 9.17) is 0 Å². The Kier molecular flexibility index (Phi) is 3.68.